The fourth-order valence-corrected chi connectivity index (χ4v) is 1.55. The van der Waals surface area contributed by atoms with Crippen LogP contribution in [-0.2, 0) is 9.53 Å². The van der Waals surface area contributed by atoms with E-state index in [9.17, 15) is 4.79 Å². The summed E-state index contributed by atoms with van der Waals surface area (Å²) in [7, 11) is 3.15. The Morgan fingerprint density at radius 3 is 2.59 bits per heavy atom. The molecular formula is C12H13NO4. The highest BCUT2D eigenvalue weighted by atomic mass is 16.5. The van der Waals surface area contributed by atoms with Gasteiger partial charge in [0.05, 0.1) is 19.9 Å². The van der Waals surface area contributed by atoms with Crippen molar-refractivity contribution in [3.63, 3.8) is 0 Å². The van der Waals surface area contributed by atoms with Gasteiger partial charge in [-0.2, -0.15) is 0 Å². The number of carbonyl (C=O) groups is 1. The molecule has 2 rings (SSSR count). The molecule has 90 valence electrons. The zero-order valence-electron chi connectivity index (χ0n) is 9.65. The molecule has 0 saturated heterocycles. The topological polar surface area (TPSA) is 56.8 Å². The number of ether oxygens (including phenoxy) is 3. The summed E-state index contributed by atoms with van der Waals surface area (Å²) in [6, 6.07) is 5.42. The lowest BCUT2D eigenvalue weighted by molar-refractivity contribution is -0.134. The van der Waals surface area contributed by atoms with Gasteiger partial charge in [0.15, 0.2) is 11.5 Å². The van der Waals surface area contributed by atoms with E-state index in [1.54, 1.807) is 26.4 Å². The van der Waals surface area contributed by atoms with Crippen molar-refractivity contribution in [3.05, 3.63) is 30.0 Å². The third-order valence-corrected chi connectivity index (χ3v) is 2.35. The predicted octanol–water partition coefficient (Wildman–Crippen LogP) is 1.56. The summed E-state index contributed by atoms with van der Waals surface area (Å²) in [5.41, 5.74) is 1.54. The van der Waals surface area contributed by atoms with Crippen LogP contribution in [0.15, 0.2) is 30.0 Å². The first-order valence-corrected chi connectivity index (χ1v) is 5.09. The molecule has 0 fully saturated rings. The SMILES string of the molecule is COc1ccc(NC2=CC(=O)OC2)cc1OC. The van der Waals surface area contributed by atoms with Crippen LogP contribution in [0.1, 0.15) is 0 Å². The summed E-state index contributed by atoms with van der Waals surface area (Å²) in [6.07, 6.45) is 1.43. The molecular weight excluding hydrogens is 222 g/mol. The molecule has 0 amide bonds. The molecule has 1 heterocycles. The fourth-order valence-electron chi connectivity index (χ4n) is 1.55. The fraction of sp³-hybridized carbons (Fsp3) is 0.250. The third kappa shape index (κ3) is 2.50. The Labute approximate surface area is 99.0 Å². The van der Waals surface area contributed by atoms with Gasteiger partial charge >= 0.3 is 5.97 Å². The van der Waals surface area contributed by atoms with Crippen molar-refractivity contribution < 1.29 is 19.0 Å². The number of cyclic esters (lactones) is 1. The van der Waals surface area contributed by atoms with Crippen molar-refractivity contribution in [2.45, 2.75) is 0 Å². The van der Waals surface area contributed by atoms with E-state index < -0.39 is 0 Å². The first-order chi connectivity index (χ1) is 8.22. The van der Waals surface area contributed by atoms with Crippen LogP contribution < -0.4 is 14.8 Å². The van der Waals surface area contributed by atoms with Crippen molar-refractivity contribution in [2.24, 2.45) is 0 Å². The molecule has 1 N–H and O–H groups in total. The molecule has 1 aromatic carbocycles. The number of rotatable bonds is 4. The van der Waals surface area contributed by atoms with E-state index in [-0.39, 0.29) is 12.6 Å². The molecule has 0 saturated carbocycles. The molecule has 5 heteroatoms. The molecule has 1 aromatic rings. The molecule has 0 spiro atoms. The molecule has 0 atom stereocenters. The first kappa shape index (κ1) is 11.3. The van der Waals surface area contributed by atoms with Gasteiger partial charge in [-0.05, 0) is 12.1 Å². The smallest absolute Gasteiger partial charge is 0.333 e. The standard InChI is InChI=1S/C12H13NO4/c1-15-10-4-3-8(5-11(10)16-2)13-9-6-12(14)17-7-9/h3-6,13H,7H2,1-2H3. The number of benzene rings is 1. The molecule has 0 aliphatic carbocycles. The molecule has 0 bridgehead atoms. The highest BCUT2D eigenvalue weighted by Crippen LogP contribution is 2.30. The molecule has 1 aliphatic heterocycles. The predicted molar refractivity (Wildman–Crippen MR) is 62.2 cm³/mol. The van der Waals surface area contributed by atoms with Gasteiger partial charge in [0.2, 0.25) is 0 Å². The van der Waals surface area contributed by atoms with E-state index in [0.29, 0.717) is 11.5 Å². The van der Waals surface area contributed by atoms with Crippen LogP contribution in [-0.4, -0.2) is 26.8 Å². The second kappa shape index (κ2) is 4.78. The van der Waals surface area contributed by atoms with Crippen molar-refractivity contribution >= 4 is 11.7 Å². The number of hydrogen-bond donors (Lipinski definition) is 1. The van der Waals surface area contributed by atoms with Crippen LogP contribution in [0, 0.1) is 0 Å². The minimum atomic E-state index is -0.326. The molecule has 0 radical (unpaired) electrons. The Bertz CT molecular complexity index is 468. The summed E-state index contributed by atoms with van der Waals surface area (Å²) >= 11 is 0. The second-order valence-electron chi connectivity index (χ2n) is 3.47. The van der Waals surface area contributed by atoms with E-state index >= 15 is 0 Å². The van der Waals surface area contributed by atoms with Gasteiger partial charge in [-0.1, -0.05) is 0 Å². The zero-order chi connectivity index (χ0) is 12.3. The Kier molecular flexibility index (Phi) is 3.18. The van der Waals surface area contributed by atoms with Gasteiger partial charge in [0.25, 0.3) is 0 Å². The minimum Gasteiger partial charge on any atom is -0.493 e. The maximum atomic E-state index is 10.9. The normalized spacial score (nSPS) is 14.0. The molecule has 17 heavy (non-hydrogen) atoms. The second-order valence-corrected chi connectivity index (χ2v) is 3.47. The van der Waals surface area contributed by atoms with Crippen molar-refractivity contribution in [1.29, 1.82) is 0 Å². The lowest BCUT2D eigenvalue weighted by Crippen LogP contribution is -2.01. The largest absolute Gasteiger partial charge is 0.493 e. The summed E-state index contributed by atoms with van der Waals surface area (Å²) in [4.78, 5) is 10.9. The van der Waals surface area contributed by atoms with Gasteiger partial charge in [0.1, 0.15) is 6.61 Å². The molecule has 0 unspecified atom stereocenters. The number of carbonyl (C=O) groups excluding carboxylic acids is 1. The Balaban J connectivity index is 2.17. The zero-order valence-corrected chi connectivity index (χ0v) is 9.65. The maximum Gasteiger partial charge on any atom is 0.333 e. The Hall–Kier alpha value is -2.17. The van der Waals surface area contributed by atoms with Crippen LogP contribution in [0.2, 0.25) is 0 Å². The third-order valence-electron chi connectivity index (χ3n) is 2.35. The lowest BCUT2D eigenvalue weighted by Gasteiger charge is -2.11. The van der Waals surface area contributed by atoms with E-state index in [4.69, 9.17) is 14.2 Å². The number of nitrogens with one attached hydrogen (secondary N) is 1. The van der Waals surface area contributed by atoms with Crippen molar-refractivity contribution in [1.82, 2.24) is 0 Å². The van der Waals surface area contributed by atoms with E-state index in [1.165, 1.54) is 6.08 Å². The highest BCUT2D eigenvalue weighted by Gasteiger charge is 2.13. The van der Waals surface area contributed by atoms with Crippen molar-refractivity contribution in [3.8, 4) is 11.5 Å². The van der Waals surface area contributed by atoms with E-state index in [1.807, 2.05) is 6.07 Å². The molecule has 5 nitrogen and oxygen atoms in total. The number of hydrogen-bond acceptors (Lipinski definition) is 5. The average Bonchev–Trinajstić information content (AvgIpc) is 2.74. The summed E-state index contributed by atoms with van der Waals surface area (Å²) < 4.78 is 15.1. The van der Waals surface area contributed by atoms with Crippen LogP contribution in [0.3, 0.4) is 0 Å². The monoisotopic (exact) mass is 235 g/mol. The average molecular weight is 235 g/mol. The summed E-state index contributed by atoms with van der Waals surface area (Å²) in [6.45, 7) is 0.271. The highest BCUT2D eigenvalue weighted by molar-refractivity contribution is 5.86. The Morgan fingerprint density at radius 1 is 1.24 bits per heavy atom. The first-order valence-electron chi connectivity index (χ1n) is 5.09. The summed E-state index contributed by atoms with van der Waals surface area (Å²) in [5.74, 6) is 0.960. The van der Waals surface area contributed by atoms with Gasteiger partial charge in [-0.3, -0.25) is 0 Å². The molecule has 0 aromatic heterocycles. The van der Waals surface area contributed by atoms with Gasteiger partial charge in [-0.15, -0.1) is 0 Å². The number of methoxy groups -OCH3 is 2. The van der Waals surface area contributed by atoms with E-state index in [0.717, 1.165) is 11.4 Å². The van der Waals surface area contributed by atoms with Gasteiger partial charge in [-0.25, -0.2) is 4.79 Å². The van der Waals surface area contributed by atoms with Crippen LogP contribution in [0.4, 0.5) is 5.69 Å². The summed E-state index contributed by atoms with van der Waals surface area (Å²) in [5, 5.41) is 3.08. The lowest BCUT2D eigenvalue weighted by atomic mass is 10.2. The molecule has 1 aliphatic rings. The van der Waals surface area contributed by atoms with Gasteiger partial charge < -0.3 is 19.5 Å². The van der Waals surface area contributed by atoms with E-state index in [2.05, 4.69) is 5.32 Å². The maximum absolute atomic E-state index is 10.9. The quantitative estimate of drug-likeness (QED) is 0.802. The minimum absolute atomic E-state index is 0.271. The van der Waals surface area contributed by atoms with Crippen LogP contribution in [0.25, 0.3) is 0 Å². The Morgan fingerprint density at radius 2 is 2.00 bits per heavy atom. The van der Waals surface area contributed by atoms with Crippen molar-refractivity contribution in [2.75, 3.05) is 26.1 Å². The number of anilines is 1. The number of esters is 1. The van der Waals surface area contributed by atoms with Crippen LogP contribution >= 0.6 is 0 Å². The van der Waals surface area contributed by atoms with Crippen LogP contribution in [0.5, 0.6) is 11.5 Å². The van der Waals surface area contributed by atoms with Gasteiger partial charge in [0, 0.05) is 17.8 Å².